The quantitative estimate of drug-likeness (QED) is 0.391. The van der Waals surface area contributed by atoms with E-state index in [1.807, 2.05) is 0 Å². The van der Waals surface area contributed by atoms with Gasteiger partial charge in [0.2, 0.25) is 6.04 Å². The molecular weight excluding hydrogens is 210 g/mol. The third-order valence-corrected chi connectivity index (χ3v) is 2.37. The molecule has 0 atom stereocenters. The highest BCUT2D eigenvalue weighted by Crippen LogP contribution is 2.04. The molecule has 0 aromatic carbocycles. The molecule has 0 fully saturated rings. The second-order valence-electron chi connectivity index (χ2n) is 3.83. The van der Waals surface area contributed by atoms with E-state index < -0.39 is 18.0 Å². The van der Waals surface area contributed by atoms with Crippen molar-refractivity contribution in [1.82, 2.24) is 5.32 Å². The first-order valence-electron chi connectivity index (χ1n) is 5.78. The second-order valence-corrected chi connectivity index (χ2v) is 3.83. The van der Waals surface area contributed by atoms with E-state index in [1.54, 1.807) is 0 Å². The van der Waals surface area contributed by atoms with Crippen molar-refractivity contribution < 1.29 is 19.8 Å². The van der Waals surface area contributed by atoms with Crippen LogP contribution in [0.5, 0.6) is 0 Å². The Morgan fingerprint density at radius 3 is 2.00 bits per heavy atom. The maximum atomic E-state index is 10.5. The van der Waals surface area contributed by atoms with E-state index in [2.05, 4.69) is 12.2 Å². The molecule has 94 valence electrons. The molecule has 0 bridgehead atoms. The van der Waals surface area contributed by atoms with Crippen LogP contribution in [0.15, 0.2) is 0 Å². The van der Waals surface area contributed by atoms with Crippen molar-refractivity contribution >= 4 is 11.9 Å². The fourth-order valence-electron chi connectivity index (χ4n) is 1.43. The van der Waals surface area contributed by atoms with Crippen molar-refractivity contribution in [2.45, 2.75) is 51.5 Å². The smallest absolute Gasteiger partial charge is 0.332 e. The molecular formula is C11H21NO4. The van der Waals surface area contributed by atoms with Crippen molar-refractivity contribution in [3.8, 4) is 0 Å². The summed E-state index contributed by atoms with van der Waals surface area (Å²) in [5.74, 6) is -2.67. The molecule has 0 saturated carbocycles. The minimum Gasteiger partial charge on any atom is -0.480 e. The van der Waals surface area contributed by atoms with Gasteiger partial charge in [0.25, 0.3) is 0 Å². The summed E-state index contributed by atoms with van der Waals surface area (Å²) in [6, 6.07) is -1.48. The van der Waals surface area contributed by atoms with Gasteiger partial charge < -0.3 is 10.2 Å². The lowest BCUT2D eigenvalue weighted by atomic mass is 10.1. The summed E-state index contributed by atoms with van der Waals surface area (Å²) in [6.45, 7) is 2.58. The van der Waals surface area contributed by atoms with Gasteiger partial charge in [0, 0.05) is 0 Å². The van der Waals surface area contributed by atoms with Gasteiger partial charge in [0.15, 0.2) is 0 Å². The molecule has 0 aliphatic carbocycles. The number of carboxylic acids is 2. The zero-order valence-electron chi connectivity index (χ0n) is 9.74. The third-order valence-electron chi connectivity index (χ3n) is 2.37. The Morgan fingerprint density at radius 1 is 1.00 bits per heavy atom. The molecule has 5 heteroatoms. The van der Waals surface area contributed by atoms with E-state index in [1.165, 1.54) is 19.3 Å². The predicted molar refractivity (Wildman–Crippen MR) is 60.4 cm³/mol. The highest BCUT2D eigenvalue weighted by Gasteiger charge is 2.24. The van der Waals surface area contributed by atoms with E-state index in [0.29, 0.717) is 6.54 Å². The van der Waals surface area contributed by atoms with Gasteiger partial charge in [-0.2, -0.15) is 0 Å². The average Bonchev–Trinajstić information content (AvgIpc) is 2.21. The zero-order valence-corrected chi connectivity index (χ0v) is 9.74. The summed E-state index contributed by atoms with van der Waals surface area (Å²) < 4.78 is 0. The highest BCUT2D eigenvalue weighted by atomic mass is 16.4. The van der Waals surface area contributed by atoms with Crippen LogP contribution in [0.3, 0.4) is 0 Å². The van der Waals surface area contributed by atoms with E-state index >= 15 is 0 Å². The molecule has 0 aliphatic heterocycles. The number of hydrogen-bond donors (Lipinski definition) is 3. The van der Waals surface area contributed by atoms with E-state index in [9.17, 15) is 9.59 Å². The Balaban J connectivity index is 3.48. The van der Waals surface area contributed by atoms with Gasteiger partial charge in [-0.3, -0.25) is 5.32 Å². The molecule has 0 aliphatic rings. The first-order valence-corrected chi connectivity index (χ1v) is 5.78. The van der Waals surface area contributed by atoms with Gasteiger partial charge in [0.1, 0.15) is 0 Å². The number of carbonyl (C=O) groups is 2. The first-order chi connectivity index (χ1) is 7.59. The van der Waals surface area contributed by atoms with E-state index in [0.717, 1.165) is 19.3 Å². The number of aliphatic carboxylic acids is 2. The van der Waals surface area contributed by atoms with Crippen molar-refractivity contribution in [2.75, 3.05) is 6.54 Å². The lowest BCUT2D eigenvalue weighted by molar-refractivity contribution is -0.151. The number of hydrogen-bond acceptors (Lipinski definition) is 3. The van der Waals surface area contributed by atoms with Crippen LogP contribution in [0, 0.1) is 0 Å². The monoisotopic (exact) mass is 231 g/mol. The fraction of sp³-hybridized carbons (Fsp3) is 0.818. The van der Waals surface area contributed by atoms with Crippen molar-refractivity contribution in [3.63, 3.8) is 0 Å². The lowest BCUT2D eigenvalue weighted by Crippen LogP contribution is -2.43. The molecule has 0 aromatic rings. The standard InChI is InChI=1S/C11H21NO4/c1-2-3-4-5-6-7-8-12-9(10(13)14)11(15)16/h9,12H,2-8H2,1H3,(H,13,14)(H,15,16). The molecule has 0 aromatic heterocycles. The van der Waals surface area contributed by atoms with Crippen LogP contribution in [-0.4, -0.2) is 34.7 Å². The Kier molecular flexibility index (Phi) is 8.52. The van der Waals surface area contributed by atoms with Crippen LogP contribution in [0.25, 0.3) is 0 Å². The van der Waals surface area contributed by atoms with Gasteiger partial charge in [-0.1, -0.05) is 39.0 Å². The summed E-state index contributed by atoms with van der Waals surface area (Å²) in [4.78, 5) is 21.0. The Morgan fingerprint density at radius 2 is 1.50 bits per heavy atom. The van der Waals surface area contributed by atoms with Crippen molar-refractivity contribution in [3.05, 3.63) is 0 Å². The van der Waals surface area contributed by atoms with E-state index in [4.69, 9.17) is 10.2 Å². The fourth-order valence-corrected chi connectivity index (χ4v) is 1.43. The summed E-state index contributed by atoms with van der Waals surface area (Å²) in [5, 5.41) is 19.7. The summed E-state index contributed by atoms with van der Waals surface area (Å²) in [6.07, 6.45) is 6.57. The maximum absolute atomic E-state index is 10.5. The van der Waals surface area contributed by atoms with Crippen LogP contribution in [0.1, 0.15) is 45.4 Å². The highest BCUT2D eigenvalue weighted by molar-refractivity contribution is 5.97. The van der Waals surface area contributed by atoms with Crippen LogP contribution in [0.2, 0.25) is 0 Å². The molecule has 0 unspecified atom stereocenters. The largest absolute Gasteiger partial charge is 0.480 e. The molecule has 0 spiro atoms. The van der Waals surface area contributed by atoms with Crippen LogP contribution in [0.4, 0.5) is 0 Å². The lowest BCUT2D eigenvalue weighted by Gasteiger charge is -2.09. The third kappa shape index (κ3) is 7.23. The van der Waals surface area contributed by atoms with Gasteiger partial charge >= 0.3 is 11.9 Å². The van der Waals surface area contributed by atoms with Gasteiger partial charge in [-0.05, 0) is 13.0 Å². The summed E-state index contributed by atoms with van der Waals surface area (Å²) >= 11 is 0. The van der Waals surface area contributed by atoms with Crippen LogP contribution < -0.4 is 5.32 Å². The summed E-state index contributed by atoms with van der Waals surface area (Å²) in [5.41, 5.74) is 0. The minimum atomic E-state index is -1.48. The second kappa shape index (κ2) is 9.15. The normalized spacial score (nSPS) is 10.6. The molecule has 0 saturated heterocycles. The predicted octanol–water partition coefficient (Wildman–Crippen LogP) is 1.47. The van der Waals surface area contributed by atoms with Crippen LogP contribution >= 0.6 is 0 Å². The van der Waals surface area contributed by atoms with Crippen molar-refractivity contribution in [1.29, 1.82) is 0 Å². The molecule has 0 amide bonds. The number of unbranched alkanes of at least 4 members (excludes halogenated alkanes) is 5. The number of carboxylic acid groups (broad SMARTS) is 2. The Bertz CT molecular complexity index is 204. The first kappa shape index (κ1) is 14.9. The SMILES string of the molecule is CCCCCCCCNC(C(=O)O)C(=O)O. The molecule has 16 heavy (non-hydrogen) atoms. The van der Waals surface area contributed by atoms with E-state index in [-0.39, 0.29) is 0 Å². The maximum Gasteiger partial charge on any atom is 0.332 e. The van der Waals surface area contributed by atoms with Crippen LogP contribution in [-0.2, 0) is 9.59 Å². The van der Waals surface area contributed by atoms with Gasteiger partial charge in [0.05, 0.1) is 0 Å². The topological polar surface area (TPSA) is 86.6 Å². The molecule has 5 nitrogen and oxygen atoms in total. The summed E-state index contributed by atoms with van der Waals surface area (Å²) in [7, 11) is 0. The number of nitrogens with one attached hydrogen (secondary N) is 1. The zero-order chi connectivity index (χ0) is 12.4. The van der Waals surface area contributed by atoms with Crippen molar-refractivity contribution in [2.24, 2.45) is 0 Å². The van der Waals surface area contributed by atoms with Gasteiger partial charge in [-0.25, -0.2) is 9.59 Å². The number of rotatable bonds is 10. The minimum absolute atomic E-state index is 0.440. The molecule has 3 N–H and O–H groups in total. The molecule has 0 radical (unpaired) electrons. The Labute approximate surface area is 95.9 Å². The molecule has 0 rings (SSSR count). The molecule has 0 heterocycles. The Hall–Kier alpha value is -1.10. The van der Waals surface area contributed by atoms with Gasteiger partial charge in [-0.15, -0.1) is 0 Å². The average molecular weight is 231 g/mol.